The Morgan fingerprint density at radius 2 is 2.12 bits per heavy atom. The lowest BCUT2D eigenvalue weighted by Crippen LogP contribution is -2.13. The van der Waals surface area contributed by atoms with Gasteiger partial charge in [-0.15, -0.1) is 0 Å². The fourth-order valence-corrected chi connectivity index (χ4v) is 1.29. The average Bonchev–Trinajstić information content (AvgIpc) is 2.20. The highest BCUT2D eigenvalue weighted by Crippen LogP contribution is 2.29. The molecule has 0 aliphatic rings. The molecule has 0 radical (unpaired) electrons. The summed E-state index contributed by atoms with van der Waals surface area (Å²) < 4.78 is 41.7. The van der Waals surface area contributed by atoms with E-state index >= 15 is 0 Å². The van der Waals surface area contributed by atoms with Crippen LogP contribution in [0.1, 0.15) is 18.3 Å². The third kappa shape index (κ3) is 3.89. The molecule has 0 aliphatic heterocycles. The molecule has 3 nitrogen and oxygen atoms in total. The Morgan fingerprint density at radius 1 is 1.47 bits per heavy atom. The second-order valence-electron chi connectivity index (χ2n) is 3.10. The van der Waals surface area contributed by atoms with E-state index in [0.717, 1.165) is 12.1 Å². The van der Waals surface area contributed by atoms with Crippen LogP contribution in [0, 0.1) is 0 Å². The van der Waals surface area contributed by atoms with E-state index in [-0.39, 0.29) is 23.7 Å². The average molecular weight is 268 g/mol. The number of halogens is 4. The first-order chi connectivity index (χ1) is 7.84. The van der Waals surface area contributed by atoms with Crippen molar-refractivity contribution in [1.29, 1.82) is 0 Å². The summed E-state index contributed by atoms with van der Waals surface area (Å²) in [4.78, 5) is 14.4. The minimum Gasteiger partial charge on any atom is -0.466 e. The second-order valence-corrected chi connectivity index (χ2v) is 3.51. The van der Waals surface area contributed by atoms with Crippen molar-refractivity contribution in [2.24, 2.45) is 0 Å². The molecule has 1 heterocycles. The van der Waals surface area contributed by atoms with Crippen LogP contribution < -0.4 is 0 Å². The number of hydrogen-bond donors (Lipinski definition) is 0. The smallest absolute Gasteiger partial charge is 0.433 e. The SMILES string of the molecule is CCOC(=O)Cc1nc(C(F)(F)F)ccc1Cl. The number of carbonyl (C=O) groups excluding carboxylic acids is 1. The molecule has 94 valence electrons. The van der Waals surface area contributed by atoms with Crippen molar-refractivity contribution >= 4 is 17.6 Å². The fourth-order valence-electron chi connectivity index (χ4n) is 1.11. The third-order valence-corrected chi connectivity index (χ3v) is 2.17. The van der Waals surface area contributed by atoms with Gasteiger partial charge in [-0.3, -0.25) is 4.79 Å². The van der Waals surface area contributed by atoms with Gasteiger partial charge < -0.3 is 4.74 Å². The van der Waals surface area contributed by atoms with Crippen LogP contribution in [-0.4, -0.2) is 17.6 Å². The highest BCUT2D eigenvalue weighted by Gasteiger charge is 2.33. The molecule has 0 saturated carbocycles. The van der Waals surface area contributed by atoms with Crippen LogP contribution in [0.15, 0.2) is 12.1 Å². The van der Waals surface area contributed by atoms with Gasteiger partial charge in [0.1, 0.15) is 5.69 Å². The van der Waals surface area contributed by atoms with E-state index in [1.54, 1.807) is 6.92 Å². The standard InChI is InChI=1S/C10H9ClF3NO2/c1-2-17-9(16)5-7-6(11)3-4-8(15-7)10(12,13)14/h3-4H,2,5H2,1H3. The summed E-state index contributed by atoms with van der Waals surface area (Å²) in [6.45, 7) is 1.74. The number of alkyl halides is 3. The third-order valence-electron chi connectivity index (χ3n) is 1.83. The van der Waals surface area contributed by atoms with Crippen molar-refractivity contribution in [1.82, 2.24) is 4.98 Å². The van der Waals surface area contributed by atoms with Crippen molar-refractivity contribution in [2.75, 3.05) is 6.61 Å². The summed E-state index contributed by atoms with van der Waals surface area (Å²) in [5.74, 6) is -0.666. The Morgan fingerprint density at radius 3 is 2.65 bits per heavy atom. The van der Waals surface area contributed by atoms with E-state index in [9.17, 15) is 18.0 Å². The van der Waals surface area contributed by atoms with Gasteiger partial charge in [-0.05, 0) is 19.1 Å². The van der Waals surface area contributed by atoms with Gasteiger partial charge >= 0.3 is 12.1 Å². The number of ether oxygens (including phenoxy) is 1. The largest absolute Gasteiger partial charge is 0.466 e. The molecule has 0 spiro atoms. The summed E-state index contributed by atoms with van der Waals surface area (Å²) in [6, 6.07) is 1.82. The molecule has 7 heteroatoms. The van der Waals surface area contributed by atoms with E-state index in [4.69, 9.17) is 11.6 Å². The molecule has 0 N–H and O–H groups in total. The normalized spacial score (nSPS) is 11.4. The Balaban J connectivity index is 2.95. The minimum absolute atomic E-state index is 0.00560. The number of aromatic nitrogens is 1. The van der Waals surface area contributed by atoms with E-state index in [2.05, 4.69) is 9.72 Å². The predicted molar refractivity (Wildman–Crippen MR) is 54.6 cm³/mol. The zero-order valence-electron chi connectivity index (χ0n) is 8.84. The van der Waals surface area contributed by atoms with Gasteiger partial charge in [0, 0.05) is 0 Å². The molecule has 0 unspecified atom stereocenters. The lowest BCUT2D eigenvalue weighted by molar-refractivity contribution is -0.144. The Hall–Kier alpha value is -1.30. The van der Waals surface area contributed by atoms with Gasteiger partial charge in [0.05, 0.1) is 23.7 Å². The van der Waals surface area contributed by atoms with Gasteiger partial charge in [0.2, 0.25) is 0 Å². The number of nitrogens with zero attached hydrogens (tertiary/aromatic N) is 1. The lowest BCUT2D eigenvalue weighted by atomic mass is 10.2. The Kier molecular flexibility index (Phi) is 4.34. The van der Waals surface area contributed by atoms with Gasteiger partial charge in [-0.1, -0.05) is 11.6 Å². The van der Waals surface area contributed by atoms with Crippen molar-refractivity contribution in [2.45, 2.75) is 19.5 Å². The molecule has 0 aliphatic carbocycles. The molecule has 17 heavy (non-hydrogen) atoms. The van der Waals surface area contributed by atoms with Crippen LogP contribution >= 0.6 is 11.6 Å². The molecular weight excluding hydrogens is 259 g/mol. The second kappa shape index (κ2) is 5.35. The minimum atomic E-state index is -4.56. The summed E-state index contributed by atoms with van der Waals surface area (Å²) in [5, 5.41) is 0.00560. The van der Waals surface area contributed by atoms with E-state index < -0.39 is 17.8 Å². The summed E-state index contributed by atoms with van der Waals surface area (Å²) in [5.41, 5.74) is -1.22. The summed E-state index contributed by atoms with van der Waals surface area (Å²) >= 11 is 5.65. The van der Waals surface area contributed by atoms with Crippen LogP contribution in [-0.2, 0) is 22.1 Å². The highest BCUT2D eigenvalue weighted by molar-refractivity contribution is 6.31. The predicted octanol–water partition coefficient (Wildman–Crippen LogP) is 2.86. The van der Waals surface area contributed by atoms with Crippen molar-refractivity contribution < 1.29 is 22.7 Å². The Labute approximate surface area is 101 Å². The van der Waals surface area contributed by atoms with Crippen LogP contribution in [0.25, 0.3) is 0 Å². The van der Waals surface area contributed by atoms with Crippen LogP contribution in [0.4, 0.5) is 13.2 Å². The van der Waals surface area contributed by atoms with Crippen molar-refractivity contribution in [3.05, 3.63) is 28.5 Å². The molecule has 1 aromatic heterocycles. The first-order valence-electron chi connectivity index (χ1n) is 4.72. The summed E-state index contributed by atoms with van der Waals surface area (Å²) in [7, 11) is 0. The number of esters is 1. The topological polar surface area (TPSA) is 39.2 Å². The number of pyridine rings is 1. The number of carbonyl (C=O) groups is 1. The van der Waals surface area contributed by atoms with Crippen molar-refractivity contribution in [3.8, 4) is 0 Å². The molecule has 1 aromatic rings. The molecule has 1 rings (SSSR count). The van der Waals surface area contributed by atoms with E-state index in [0.29, 0.717) is 0 Å². The van der Waals surface area contributed by atoms with Crippen LogP contribution in [0.5, 0.6) is 0 Å². The molecule has 0 bridgehead atoms. The zero-order chi connectivity index (χ0) is 13.1. The van der Waals surface area contributed by atoms with Gasteiger partial charge in [0.25, 0.3) is 0 Å². The maximum absolute atomic E-state index is 12.4. The number of hydrogen-bond acceptors (Lipinski definition) is 3. The fraction of sp³-hybridized carbons (Fsp3) is 0.400. The summed E-state index contributed by atoms with van der Waals surface area (Å²) in [6.07, 6.45) is -4.94. The maximum atomic E-state index is 12.4. The van der Waals surface area contributed by atoms with Crippen LogP contribution in [0.2, 0.25) is 5.02 Å². The molecule has 0 fully saturated rings. The molecule has 0 amide bonds. The first-order valence-corrected chi connectivity index (χ1v) is 5.10. The van der Waals surface area contributed by atoms with Gasteiger partial charge in [-0.25, -0.2) is 4.98 Å². The monoisotopic (exact) mass is 267 g/mol. The Bertz CT molecular complexity index is 421. The molecule has 0 saturated heterocycles. The molecule has 0 aromatic carbocycles. The number of rotatable bonds is 3. The molecular formula is C10H9ClF3NO2. The van der Waals surface area contributed by atoms with E-state index in [1.165, 1.54) is 0 Å². The van der Waals surface area contributed by atoms with Crippen LogP contribution in [0.3, 0.4) is 0 Å². The van der Waals surface area contributed by atoms with Gasteiger partial charge in [-0.2, -0.15) is 13.2 Å². The molecule has 0 atom stereocenters. The van der Waals surface area contributed by atoms with Gasteiger partial charge in [0.15, 0.2) is 0 Å². The first kappa shape index (κ1) is 13.8. The zero-order valence-corrected chi connectivity index (χ0v) is 9.60. The van der Waals surface area contributed by atoms with E-state index in [1.807, 2.05) is 0 Å². The quantitative estimate of drug-likeness (QED) is 0.791. The van der Waals surface area contributed by atoms with Crippen molar-refractivity contribution in [3.63, 3.8) is 0 Å². The lowest BCUT2D eigenvalue weighted by Gasteiger charge is -2.09. The maximum Gasteiger partial charge on any atom is 0.433 e. The highest BCUT2D eigenvalue weighted by atomic mass is 35.5.